The Balaban J connectivity index is 1.43. The molecule has 0 bridgehead atoms. The molecule has 0 radical (unpaired) electrons. The first-order valence-corrected chi connectivity index (χ1v) is 18.1. The summed E-state index contributed by atoms with van der Waals surface area (Å²) in [6.45, 7) is 14.7. The second-order valence-electron chi connectivity index (χ2n) is 15.0. The van der Waals surface area contributed by atoms with Crippen LogP contribution in [0.25, 0.3) is 22.5 Å². The summed E-state index contributed by atoms with van der Waals surface area (Å²) in [5, 5.41) is 2.91. The molecule has 272 valence electrons. The fourth-order valence-corrected chi connectivity index (χ4v) is 5.62. The fraction of sp³-hybridized carbons (Fsp3) is 0.442. The number of unbranched alkanes of at least 4 members (excludes halogenated alkanes) is 5. The van der Waals surface area contributed by atoms with Crippen LogP contribution in [0.5, 0.6) is 11.6 Å². The molecule has 1 aromatic heterocycles. The second-order valence-corrected chi connectivity index (χ2v) is 15.0. The third-order valence-corrected chi connectivity index (χ3v) is 8.54. The molecule has 8 nitrogen and oxygen atoms in total. The number of hydrogen-bond donors (Lipinski definition) is 1. The molecule has 0 fully saturated rings. The minimum absolute atomic E-state index is 0.0348. The lowest BCUT2D eigenvalue weighted by molar-refractivity contribution is -0.157. The van der Waals surface area contributed by atoms with E-state index in [2.05, 4.69) is 38.0 Å². The normalized spacial score (nSPS) is 12.2. The Bertz CT molecular complexity index is 1700. The van der Waals surface area contributed by atoms with Crippen molar-refractivity contribution in [3.8, 4) is 34.1 Å². The van der Waals surface area contributed by atoms with Gasteiger partial charge in [0.2, 0.25) is 5.88 Å². The van der Waals surface area contributed by atoms with Crippen molar-refractivity contribution in [1.29, 1.82) is 0 Å². The third-order valence-electron chi connectivity index (χ3n) is 8.54. The van der Waals surface area contributed by atoms with Crippen LogP contribution in [0.1, 0.15) is 108 Å². The molecule has 0 spiro atoms. The van der Waals surface area contributed by atoms with Gasteiger partial charge < -0.3 is 19.5 Å². The summed E-state index contributed by atoms with van der Waals surface area (Å²) in [4.78, 5) is 35.9. The van der Waals surface area contributed by atoms with E-state index in [0.717, 1.165) is 40.0 Å². The van der Waals surface area contributed by atoms with Crippen LogP contribution in [0.15, 0.2) is 79.0 Å². The number of benzene rings is 3. The molecule has 0 aliphatic rings. The Morgan fingerprint density at radius 1 is 0.784 bits per heavy atom. The van der Waals surface area contributed by atoms with E-state index in [1.54, 1.807) is 25.4 Å². The van der Waals surface area contributed by atoms with Gasteiger partial charge in [-0.1, -0.05) is 108 Å². The fourth-order valence-electron chi connectivity index (χ4n) is 5.62. The SMILES string of the molecule is CCCCCCCCOc1ccc(-c2cnc(-c3ccc(C[C@H](NC(=O)c4ccc(C(C)(C)C)cc4)C(=O)OC(C)(C)C)cc3)nc2OC)cc1. The molecule has 0 saturated heterocycles. The van der Waals surface area contributed by atoms with Gasteiger partial charge in [-0.15, -0.1) is 0 Å². The minimum Gasteiger partial charge on any atom is -0.494 e. The van der Waals surface area contributed by atoms with Gasteiger partial charge in [0.15, 0.2) is 5.82 Å². The Morgan fingerprint density at radius 3 is 2.02 bits per heavy atom. The Labute approximate surface area is 304 Å². The molecule has 4 rings (SSSR count). The van der Waals surface area contributed by atoms with E-state index in [9.17, 15) is 9.59 Å². The highest BCUT2D eigenvalue weighted by Crippen LogP contribution is 2.31. The van der Waals surface area contributed by atoms with E-state index in [4.69, 9.17) is 19.2 Å². The summed E-state index contributed by atoms with van der Waals surface area (Å²) in [5.41, 5.74) is 4.22. The maximum Gasteiger partial charge on any atom is 0.329 e. The number of esters is 1. The zero-order chi connectivity index (χ0) is 37.0. The van der Waals surface area contributed by atoms with Gasteiger partial charge in [-0.2, -0.15) is 4.98 Å². The maximum atomic E-state index is 13.3. The molecule has 3 aromatic carbocycles. The van der Waals surface area contributed by atoms with Gasteiger partial charge in [0, 0.05) is 23.7 Å². The smallest absolute Gasteiger partial charge is 0.329 e. The van der Waals surface area contributed by atoms with E-state index in [-0.39, 0.29) is 17.7 Å². The predicted octanol–water partition coefficient (Wildman–Crippen LogP) is 9.54. The highest BCUT2D eigenvalue weighted by Gasteiger charge is 2.28. The molecule has 1 N–H and O–H groups in total. The topological polar surface area (TPSA) is 99.6 Å². The molecule has 51 heavy (non-hydrogen) atoms. The van der Waals surface area contributed by atoms with E-state index < -0.39 is 17.6 Å². The van der Waals surface area contributed by atoms with Crippen molar-refractivity contribution in [2.24, 2.45) is 0 Å². The van der Waals surface area contributed by atoms with Crippen molar-refractivity contribution in [3.63, 3.8) is 0 Å². The molecule has 0 aliphatic carbocycles. The number of nitrogens with zero attached hydrogens (tertiary/aromatic N) is 2. The second kappa shape index (κ2) is 18.0. The monoisotopic (exact) mass is 693 g/mol. The standard InChI is InChI=1S/C43H55N3O5/c1-9-10-11-12-13-14-27-50-35-25-21-31(22-26-35)36-29-44-38(46-40(36)49-8)32-17-15-30(16-18-32)28-37(41(48)51-43(5,6)7)45-39(47)33-19-23-34(24-20-33)42(2,3)4/h15-26,29,37H,9-14,27-28H2,1-8H3,(H,45,47)/t37-/m0/s1. The number of ether oxygens (including phenoxy) is 3. The molecule has 8 heteroatoms. The highest BCUT2D eigenvalue weighted by atomic mass is 16.6. The first-order chi connectivity index (χ1) is 24.3. The molecule has 0 aliphatic heterocycles. The van der Waals surface area contributed by atoms with E-state index >= 15 is 0 Å². The zero-order valence-electron chi connectivity index (χ0n) is 31.7. The number of aromatic nitrogens is 2. The van der Waals surface area contributed by atoms with Crippen molar-refractivity contribution in [3.05, 3.63) is 95.7 Å². The lowest BCUT2D eigenvalue weighted by Gasteiger charge is -2.25. The van der Waals surface area contributed by atoms with Gasteiger partial charge in [0.1, 0.15) is 17.4 Å². The Morgan fingerprint density at radius 2 is 1.41 bits per heavy atom. The average molecular weight is 694 g/mol. The van der Waals surface area contributed by atoms with Crippen molar-refractivity contribution in [2.75, 3.05) is 13.7 Å². The van der Waals surface area contributed by atoms with Crippen LogP contribution in [0.2, 0.25) is 0 Å². The third kappa shape index (κ3) is 11.9. The van der Waals surface area contributed by atoms with Crippen LogP contribution in [0, 0.1) is 0 Å². The lowest BCUT2D eigenvalue weighted by atomic mass is 9.86. The molecular formula is C43H55N3O5. The number of hydrogen-bond acceptors (Lipinski definition) is 7. The molecule has 1 heterocycles. The zero-order valence-corrected chi connectivity index (χ0v) is 31.7. The first kappa shape index (κ1) is 39.1. The van der Waals surface area contributed by atoms with Crippen LogP contribution in [-0.4, -0.2) is 47.2 Å². The largest absolute Gasteiger partial charge is 0.494 e. The summed E-state index contributed by atoms with van der Waals surface area (Å²) in [6, 6.07) is 22.1. The van der Waals surface area contributed by atoms with Gasteiger partial charge in [-0.05, 0) is 73.6 Å². The number of nitrogens with one attached hydrogen (secondary N) is 1. The Hall–Kier alpha value is -4.72. The van der Waals surface area contributed by atoms with Crippen LogP contribution in [0.4, 0.5) is 0 Å². The van der Waals surface area contributed by atoms with Crippen molar-refractivity contribution >= 4 is 11.9 Å². The number of rotatable bonds is 16. The highest BCUT2D eigenvalue weighted by molar-refractivity contribution is 5.97. The van der Waals surface area contributed by atoms with Gasteiger partial charge in [-0.25, -0.2) is 9.78 Å². The average Bonchev–Trinajstić information content (AvgIpc) is 3.10. The summed E-state index contributed by atoms with van der Waals surface area (Å²) >= 11 is 0. The quantitative estimate of drug-likeness (QED) is 0.0922. The summed E-state index contributed by atoms with van der Waals surface area (Å²) in [5.74, 6) is 0.989. The molecule has 4 aromatic rings. The summed E-state index contributed by atoms with van der Waals surface area (Å²) in [6.07, 6.45) is 9.39. The van der Waals surface area contributed by atoms with Gasteiger partial charge >= 0.3 is 5.97 Å². The molecule has 1 amide bonds. The molecular weight excluding hydrogens is 638 g/mol. The van der Waals surface area contributed by atoms with Gasteiger partial charge in [0.05, 0.1) is 19.3 Å². The van der Waals surface area contributed by atoms with Crippen LogP contribution >= 0.6 is 0 Å². The molecule has 0 unspecified atom stereocenters. The number of carbonyl (C=O) groups excluding carboxylic acids is 2. The molecule has 1 atom stereocenters. The minimum atomic E-state index is -0.882. The van der Waals surface area contributed by atoms with Crippen LogP contribution < -0.4 is 14.8 Å². The van der Waals surface area contributed by atoms with Crippen molar-refractivity contribution in [2.45, 2.75) is 110 Å². The number of methoxy groups -OCH3 is 1. The summed E-state index contributed by atoms with van der Waals surface area (Å²) < 4.78 is 17.3. The summed E-state index contributed by atoms with van der Waals surface area (Å²) in [7, 11) is 1.60. The van der Waals surface area contributed by atoms with Gasteiger partial charge in [-0.3, -0.25) is 4.79 Å². The first-order valence-electron chi connectivity index (χ1n) is 18.1. The number of amides is 1. The van der Waals surface area contributed by atoms with Crippen LogP contribution in [-0.2, 0) is 21.4 Å². The van der Waals surface area contributed by atoms with E-state index in [1.165, 1.54) is 32.1 Å². The van der Waals surface area contributed by atoms with Crippen molar-refractivity contribution < 1.29 is 23.8 Å². The van der Waals surface area contributed by atoms with E-state index in [0.29, 0.717) is 23.9 Å². The predicted molar refractivity (Wildman–Crippen MR) is 204 cm³/mol. The van der Waals surface area contributed by atoms with E-state index in [1.807, 2.05) is 81.4 Å². The van der Waals surface area contributed by atoms with Crippen molar-refractivity contribution in [1.82, 2.24) is 15.3 Å². The maximum absolute atomic E-state index is 13.3. The number of carbonyl (C=O) groups is 2. The van der Waals surface area contributed by atoms with Crippen LogP contribution in [0.3, 0.4) is 0 Å². The molecule has 0 saturated carbocycles. The lowest BCUT2D eigenvalue weighted by Crippen LogP contribution is -2.45. The van der Waals surface area contributed by atoms with Gasteiger partial charge in [0.25, 0.3) is 5.91 Å². The Kier molecular flexibility index (Phi) is 13.8.